The highest BCUT2D eigenvalue weighted by atomic mass is 16.3. The molecule has 0 radical (unpaired) electrons. The van der Waals surface area contributed by atoms with Crippen molar-refractivity contribution in [3.8, 4) is 0 Å². The Morgan fingerprint density at radius 3 is 1.81 bits per heavy atom. The number of carbonyl (C=O) groups excluding carboxylic acids is 2. The van der Waals surface area contributed by atoms with Crippen LogP contribution in [0.3, 0.4) is 0 Å². The van der Waals surface area contributed by atoms with E-state index in [1.807, 2.05) is 20.8 Å². The number of nitrogens with one attached hydrogen (secondary N) is 2. The van der Waals surface area contributed by atoms with E-state index in [9.17, 15) is 9.59 Å². The number of hydrogen-bond donors (Lipinski definition) is 2. The van der Waals surface area contributed by atoms with Crippen molar-refractivity contribution in [2.75, 3.05) is 13.1 Å². The lowest BCUT2D eigenvalue weighted by molar-refractivity contribution is 0.0915. The molecule has 6 nitrogen and oxygen atoms in total. The molecule has 0 aliphatic heterocycles. The van der Waals surface area contributed by atoms with E-state index in [1.54, 1.807) is 19.1 Å². The predicted molar refractivity (Wildman–Crippen MR) is 123 cm³/mol. The summed E-state index contributed by atoms with van der Waals surface area (Å²) in [4.78, 5) is 25.1. The van der Waals surface area contributed by atoms with Crippen molar-refractivity contribution in [2.45, 2.75) is 80.1 Å². The Hall–Kier alpha value is -2.50. The van der Waals surface area contributed by atoms with E-state index in [-0.39, 0.29) is 17.2 Å². The summed E-state index contributed by atoms with van der Waals surface area (Å²) in [6, 6.07) is 3.57. The fourth-order valence-electron chi connectivity index (χ4n) is 4.17. The molecule has 0 spiro atoms. The molecular weight excluding hydrogens is 392 g/mol. The van der Waals surface area contributed by atoms with E-state index in [1.165, 1.54) is 0 Å². The molecular formula is C25H38N2O4. The van der Waals surface area contributed by atoms with Crippen LogP contribution in [-0.2, 0) is 0 Å². The van der Waals surface area contributed by atoms with Gasteiger partial charge in [0, 0.05) is 13.1 Å². The summed E-state index contributed by atoms with van der Waals surface area (Å²) < 4.78 is 11.0. The van der Waals surface area contributed by atoms with Crippen LogP contribution < -0.4 is 10.6 Å². The third-order valence-electron chi connectivity index (χ3n) is 6.18. The first-order valence-electron chi connectivity index (χ1n) is 11.4. The lowest BCUT2D eigenvalue weighted by Gasteiger charge is -2.33. The van der Waals surface area contributed by atoms with Crippen LogP contribution in [0.2, 0.25) is 0 Å². The van der Waals surface area contributed by atoms with E-state index in [0.717, 1.165) is 50.0 Å². The van der Waals surface area contributed by atoms with Crippen molar-refractivity contribution in [3.63, 3.8) is 0 Å². The molecule has 0 aromatic carbocycles. The van der Waals surface area contributed by atoms with Gasteiger partial charge in [-0.2, -0.15) is 0 Å². The molecule has 2 rings (SSSR count). The van der Waals surface area contributed by atoms with Crippen molar-refractivity contribution in [1.82, 2.24) is 10.6 Å². The number of furan rings is 2. The minimum Gasteiger partial charge on any atom is -0.466 e. The zero-order chi connectivity index (χ0) is 23.0. The highest BCUT2D eigenvalue weighted by molar-refractivity contribution is 5.95. The molecule has 2 N–H and O–H groups in total. The standard InChI is InChI=1S/C25H38N2O4/c1-7-9-11-25(8-2,16-27-24(29)22-15-18(4)31-20(22)6)12-10-13-26-23(28)21-14-17(3)30-19(21)5/h14-15H,7-13,16H2,1-6H3,(H,26,28)(H,27,29)/t25-/m1/s1. The van der Waals surface area contributed by atoms with Gasteiger partial charge in [-0.05, 0) is 70.9 Å². The van der Waals surface area contributed by atoms with Gasteiger partial charge >= 0.3 is 0 Å². The van der Waals surface area contributed by atoms with Crippen molar-refractivity contribution < 1.29 is 18.4 Å². The number of amides is 2. The first-order valence-corrected chi connectivity index (χ1v) is 11.4. The van der Waals surface area contributed by atoms with E-state index in [2.05, 4.69) is 24.5 Å². The molecule has 0 saturated heterocycles. The second-order valence-corrected chi connectivity index (χ2v) is 8.65. The predicted octanol–water partition coefficient (Wildman–Crippen LogP) is 5.63. The van der Waals surface area contributed by atoms with Crippen LogP contribution in [0, 0.1) is 33.1 Å². The van der Waals surface area contributed by atoms with Gasteiger partial charge in [0.2, 0.25) is 0 Å². The van der Waals surface area contributed by atoms with Gasteiger partial charge in [0.15, 0.2) is 0 Å². The normalized spacial score (nSPS) is 13.1. The molecule has 172 valence electrons. The average Bonchev–Trinajstić information content (AvgIpc) is 3.26. The molecule has 0 aliphatic rings. The third-order valence-corrected chi connectivity index (χ3v) is 6.18. The van der Waals surface area contributed by atoms with Crippen molar-refractivity contribution >= 4 is 11.8 Å². The zero-order valence-electron chi connectivity index (χ0n) is 19.9. The molecule has 2 aromatic heterocycles. The van der Waals surface area contributed by atoms with Gasteiger partial charge < -0.3 is 19.5 Å². The molecule has 2 aromatic rings. The van der Waals surface area contributed by atoms with Crippen molar-refractivity contribution in [3.05, 3.63) is 46.3 Å². The molecule has 1 atom stereocenters. The maximum atomic E-state index is 12.7. The minimum atomic E-state index is -0.0934. The lowest BCUT2D eigenvalue weighted by atomic mass is 9.76. The molecule has 0 saturated carbocycles. The lowest BCUT2D eigenvalue weighted by Crippen LogP contribution is -2.38. The van der Waals surface area contributed by atoms with E-state index in [0.29, 0.717) is 35.7 Å². The summed E-state index contributed by atoms with van der Waals surface area (Å²) in [6.45, 7) is 12.9. The molecule has 0 aliphatic carbocycles. The van der Waals surface area contributed by atoms with Crippen molar-refractivity contribution in [2.24, 2.45) is 5.41 Å². The average molecular weight is 431 g/mol. The number of rotatable bonds is 12. The maximum absolute atomic E-state index is 12.7. The summed E-state index contributed by atoms with van der Waals surface area (Å²) in [5.41, 5.74) is 1.23. The van der Waals surface area contributed by atoms with Crippen LogP contribution in [0.1, 0.15) is 96.1 Å². The largest absolute Gasteiger partial charge is 0.466 e. The van der Waals surface area contributed by atoms with Gasteiger partial charge in [-0.3, -0.25) is 9.59 Å². The van der Waals surface area contributed by atoms with Gasteiger partial charge in [-0.1, -0.05) is 26.7 Å². The summed E-state index contributed by atoms with van der Waals surface area (Å²) in [5.74, 6) is 2.61. The minimum absolute atomic E-state index is 0.0191. The van der Waals surface area contributed by atoms with E-state index < -0.39 is 0 Å². The molecule has 2 heterocycles. The Morgan fingerprint density at radius 2 is 1.35 bits per heavy atom. The van der Waals surface area contributed by atoms with Crippen LogP contribution in [0.15, 0.2) is 21.0 Å². The second kappa shape index (κ2) is 11.2. The Morgan fingerprint density at radius 1 is 0.839 bits per heavy atom. The Kier molecular flexibility index (Phi) is 8.96. The Balaban J connectivity index is 1.93. The third kappa shape index (κ3) is 6.74. The summed E-state index contributed by atoms with van der Waals surface area (Å²) >= 11 is 0. The van der Waals surface area contributed by atoms with Gasteiger partial charge in [0.25, 0.3) is 11.8 Å². The molecule has 0 bridgehead atoms. The van der Waals surface area contributed by atoms with E-state index >= 15 is 0 Å². The van der Waals surface area contributed by atoms with Crippen LogP contribution >= 0.6 is 0 Å². The SMILES string of the molecule is CCCC[C@](CC)(CCCNC(=O)c1cc(C)oc1C)CNC(=O)c1cc(C)oc1C. The number of unbranched alkanes of at least 4 members (excludes halogenated alkanes) is 1. The first-order chi connectivity index (χ1) is 14.7. The number of carbonyl (C=O) groups is 2. The van der Waals surface area contributed by atoms with Gasteiger partial charge in [0.05, 0.1) is 11.1 Å². The first kappa shape index (κ1) is 24.8. The number of hydrogen-bond acceptors (Lipinski definition) is 4. The maximum Gasteiger partial charge on any atom is 0.254 e. The van der Waals surface area contributed by atoms with Crippen LogP contribution in [0.5, 0.6) is 0 Å². The smallest absolute Gasteiger partial charge is 0.254 e. The van der Waals surface area contributed by atoms with Gasteiger partial charge in [-0.25, -0.2) is 0 Å². The summed E-state index contributed by atoms with van der Waals surface area (Å²) in [7, 11) is 0. The van der Waals surface area contributed by atoms with Crippen LogP contribution in [0.4, 0.5) is 0 Å². The monoisotopic (exact) mass is 430 g/mol. The molecule has 2 amide bonds. The zero-order valence-corrected chi connectivity index (χ0v) is 19.9. The van der Waals surface area contributed by atoms with E-state index in [4.69, 9.17) is 8.83 Å². The quantitative estimate of drug-likeness (QED) is 0.427. The highest BCUT2D eigenvalue weighted by Gasteiger charge is 2.28. The second-order valence-electron chi connectivity index (χ2n) is 8.65. The summed E-state index contributed by atoms with van der Waals surface area (Å²) in [6.07, 6.45) is 6.07. The molecule has 31 heavy (non-hydrogen) atoms. The van der Waals surface area contributed by atoms with Crippen LogP contribution in [0.25, 0.3) is 0 Å². The molecule has 0 unspecified atom stereocenters. The topological polar surface area (TPSA) is 84.5 Å². The van der Waals surface area contributed by atoms with Crippen LogP contribution in [-0.4, -0.2) is 24.9 Å². The van der Waals surface area contributed by atoms with Gasteiger partial charge in [0.1, 0.15) is 23.0 Å². The molecule has 0 fully saturated rings. The van der Waals surface area contributed by atoms with Crippen molar-refractivity contribution in [1.29, 1.82) is 0 Å². The summed E-state index contributed by atoms with van der Waals surface area (Å²) in [5, 5.41) is 6.15. The van der Waals surface area contributed by atoms with Gasteiger partial charge in [-0.15, -0.1) is 0 Å². The fraction of sp³-hybridized carbons (Fsp3) is 0.600. The fourth-order valence-corrected chi connectivity index (χ4v) is 4.17. The molecule has 6 heteroatoms. The Labute approximate surface area is 186 Å². The highest BCUT2D eigenvalue weighted by Crippen LogP contribution is 2.33. The number of aryl methyl sites for hydroxylation is 4. The Bertz CT molecular complexity index is 880.